The Hall–Kier alpha value is -2.97. The van der Waals surface area contributed by atoms with E-state index in [1.165, 1.54) is 69.7 Å². The van der Waals surface area contributed by atoms with Gasteiger partial charge in [0.15, 0.2) is 0 Å². The topological polar surface area (TPSA) is 12.9 Å². The van der Waals surface area contributed by atoms with Crippen LogP contribution in [0.25, 0.3) is 34.5 Å². The van der Waals surface area contributed by atoms with Crippen molar-refractivity contribution in [2.45, 2.75) is 91.9 Å². The van der Waals surface area contributed by atoms with E-state index in [0.717, 1.165) is 17.2 Å². The Labute approximate surface area is 247 Å². The SMILES string of the molecule is CCCCC(CC)Cc1cc(C(C)(C)C)c(/C=C/c2ccnc(-c3cccc(-c4ccc(C(C)C)cc4)c3)c2)s1. The van der Waals surface area contributed by atoms with Gasteiger partial charge in [-0.25, -0.2) is 0 Å². The van der Waals surface area contributed by atoms with Gasteiger partial charge in [0, 0.05) is 21.5 Å². The van der Waals surface area contributed by atoms with Crippen molar-refractivity contribution in [3.8, 4) is 22.4 Å². The van der Waals surface area contributed by atoms with E-state index < -0.39 is 0 Å². The first kappa shape index (κ1) is 30.0. The number of rotatable bonds is 11. The molecule has 1 unspecified atom stereocenters. The average molecular weight is 550 g/mol. The van der Waals surface area contributed by atoms with Gasteiger partial charge in [-0.05, 0) is 81.8 Å². The smallest absolute Gasteiger partial charge is 0.0708 e. The van der Waals surface area contributed by atoms with Gasteiger partial charge in [0.05, 0.1) is 5.69 Å². The first-order valence-corrected chi connectivity index (χ1v) is 16.0. The molecule has 2 heterocycles. The lowest BCUT2D eigenvalue weighted by molar-refractivity contribution is 0.451. The summed E-state index contributed by atoms with van der Waals surface area (Å²) >= 11 is 1.98. The number of hydrogen-bond acceptors (Lipinski definition) is 2. The molecule has 4 rings (SSSR count). The molecular formula is C38H47NS. The van der Waals surface area contributed by atoms with Crippen molar-refractivity contribution < 1.29 is 0 Å². The lowest BCUT2D eigenvalue weighted by atomic mass is 9.86. The van der Waals surface area contributed by atoms with E-state index in [0.29, 0.717) is 5.92 Å². The van der Waals surface area contributed by atoms with E-state index in [1.807, 2.05) is 17.5 Å². The Bertz CT molecular complexity index is 1400. The van der Waals surface area contributed by atoms with Crippen molar-refractivity contribution in [3.05, 3.63) is 99.4 Å². The molecule has 2 heteroatoms. The van der Waals surface area contributed by atoms with Crippen LogP contribution in [0.2, 0.25) is 0 Å². The molecule has 0 radical (unpaired) electrons. The van der Waals surface area contributed by atoms with E-state index in [2.05, 4.69) is 127 Å². The summed E-state index contributed by atoms with van der Waals surface area (Å²) in [7, 11) is 0. The van der Waals surface area contributed by atoms with Crippen LogP contribution in [0.1, 0.15) is 107 Å². The summed E-state index contributed by atoms with van der Waals surface area (Å²) in [4.78, 5) is 7.65. The maximum atomic E-state index is 4.73. The second-order valence-corrected chi connectivity index (χ2v) is 13.7. The molecule has 0 spiro atoms. The predicted octanol–water partition coefficient (Wildman–Crippen LogP) is 11.8. The van der Waals surface area contributed by atoms with E-state index in [-0.39, 0.29) is 5.41 Å². The Morgan fingerprint density at radius 3 is 2.27 bits per heavy atom. The number of pyridine rings is 1. The van der Waals surface area contributed by atoms with Crippen LogP contribution in [-0.4, -0.2) is 4.98 Å². The Morgan fingerprint density at radius 1 is 0.850 bits per heavy atom. The van der Waals surface area contributed by atoms with Gasteiger partial charge in [0.1, 0.15) is 0 Å². The van der Waals surface area contributed by atoms with Crippen LogP contribution >= 0.6 is 11.3 Å². The highest BCUT2D eigenvalue weighted by Crippen LogP contribution is 2.36. The predicted molar refractivity (Wildman–Crippen MR) is 178 cm³/mol. The minimum atomic E-state index is 0.122. The Balaban J connectivity index is 1.57. The standard InChI is InChI=1S/C38H47NS/c1-8-10-12-28(9-2)23-34-26-35(38(5,6)7)37(40-34)20-15-29-21-22-39-36(24-29)33-14-11-13-32(25-33)31-18-16-30(17-19-31)27(3)4/h11,13-22,24-28H,8-10,12,23H2,1-7H3/b20-15+. The molecule has 0 saturated heterocycles. The van der Waals surface area contributed by atoms with Crippen LogP contribution in [0.5, 0.6) is 0 Å². The van der Waals surface area contributed by atoms with Gasteiger partial charge >= 0.3 is 0 Å². The second kappa shape index (κ2) is 13.6. The third kappa shape index (κ3) is 7.82. The lowest BCUT2D eigenvalue weighted by Gasteiger charge is -2.18. The lowest BCUT2D eigenvalue weighted by Crippen LogP contribution is -2.11. The zero-order valence-electron chi connectivity index (χ0n) is 25.6. The molecule has 210 valence electrons. The molecule has 1 atom stereocenters. The van der Waals surface area contributed by atoms with E-state index in [1.54, 1.807) is 0 Å². The van der Waals surface area contributed by atoms with Crippen LogP contribution in [0.3, 0.4) is 0 Å². The fourth-order valence-electron chi connectivity index (χ4n) is 5.30. The van der Waals surface area contributed by atoms with Crippen molar-refractivity contribution in [1.82, 2.24) is 4.98 Å². The number of nitrogens with zero attached hydrogens (tertiary/aromatic N) is 1. The van der Waals surface area contributed by atoms with Crippen LogP contribution in [0, 0.1) is 5.92 Å². The molecule has 4 aromatic rings. The van der Waals surface area contributed by atoms with Gasteiger partial charge in [-0.1, -0.05) is 123 Å². The minimum absolute atomic E-state index is 0.122. The molecule has 0 aliphatic carbocycles. The summed E-state index contributed by atoms with van der Waals surface area (Å²) in [6.45, 7) is 16.1. The fourth-order valence-corrected chi connectivity index (χ4v) is 6.68. The van der Waals surface area contributed by atoms with Gasteiger partial charge in [0.2, 0.25) is 0 Å². The van der Waals surface area contributed by atoms with Gasteiger partial charge < -0.3 is 0 Å². The van der Waals surface area contributed by atoms with Gasteiger partial charge in [-0.15, -0.1) is 11.3 Å². The highest BCUT2D eigenvalue weighted by Gasteiger charge is 2.21. The Kier molecular flexibility index (Phi) is 10.2. The summed E-state index contributed by atoms with van der Waals surface area (Å²) in [5, 5.41) is 0. The molecule has 0 fully saturated rings. The Morgan fingerprint density at radius 2 is 1.60 bits per heavy atom. The number of benzene rings is 2. The average Bonchev–Trinajstić information content (AvgIpc) is 3.38. The number of hydrogen-bond donors (Lipinski definition) is 0. The van der Waals surface area contributed by atoms with E-state index in [9.17, 15) is 0 Å². The van der Waals surface area contributed by atoms with Crippen LogP contribution in [0.15, 0.2) is 72.9 Å². The number of aromatic nitrogens is 1. The van der Waals surface area contributed by atoms with Crippen LogP contribution in [0.4, 0.5) is 0 Å². The normalized spacial score (nSPS) is 12.9. The van der Waals surface area contributed by atoms with Gasteiger partial charge in [-0.3, -0.25) is 4.98 Å². The molecule has 0 aliphatic heterocycles. The highest BCUT2D eigenvalue weighted by atomic mass is 32.1. The summed E-state index contributed by atoms with van der Waals surface area (Å²) in [6.07, 6.45) is 12.9. The maximum absolute atomic E-state index is 4.73. The zero-order valence-corrected chi connectivity index (χ0v) is 26.4. The monoisotopic (exact) mass is 549 g/mol. The van der Waals surface area contributed by atoms with Gasteiger partial charge in [-0.2, -0.15) is 0 Å². The molecule has 0 amide bonds. The van der Waals surface area contributed by atoms with Crippen LogP contribution < -0.4 is 0 Å². The molecule has 40 heavy (non-hydrogen) atoms. The summed E-state index contributed by atoms with van der Waals surface area (Å²) < 4.78 is 0. The van der Waals surface area contributed by atoms with E-state index >= 15 is 0 Å². The first-order chi connectivity index (χ1) is 19.2. The first-order valence-electron chi connectivity index (χ1n) is 15.2. The summed E-state index contributed by atoms with van der Waals surface area (Å²) in [5.41, 5.74) is 8.75. The quantitative estimate of drug-likeness (QED) is 0.181. The molecule has 0 N–H and O–H groups in total. The molecule has 0 aliphatic rings. The number of unbranched alkanes of at least 4 members (excludes halogenated alkanes) is 1. The van der Waals surface area contributed by atoms with Crippen molar-refractivity contribution >= 4 is 23.5 Å². The molecule has 2 aromatic heterocycles. The molecular weight excluding hydrogens is 502 g/mol. The van der Waals surface area contributed by atoms with E-state index in [4.69, 9.17) is 4.98 Å². The van der Waals surface area contributed by atoms with Crippen molar-refractivity contribution in [3.63, 3.8) is 0 Å². The zero-order chi connectivity index (χ0) is 28.7. The third-order valence-corrected chi connectivity index (χ3v) is 9.06. The largest absolute Gasteiger partial charge is 0.256 e. The maximum Gasteiger partial charge on any atom is 0.0708 e. The van der Waals surface area contributed by atoms with Crippen molar-refractivity contribution in [2.24, 2.45) is 5.92 Å². The summed E-state index contributed by atoms with van der Waals surface area (Å²) in [6, 6.07) is 24.5. The highest BCUT2D eigenvalue weighted by molar-refractivity contribution is 7.13. The summed E-state index contributed by atoms with van der Waals surface area (Å²) in [5.74, 6) is 1.33. The second-order valence-electron chi connectivity index (χ2n) is 12.5. The molecule has 0 bridgehead atoms. The van der Waals surface area contributed by atoms with Gasteiger partial charge in [0.25, 0.3) is 0 Å². The van der Waals surface area contributed by atoms with Crippen molar-refractivity contribution in [1.29, 1.82) is 0 Å². The van der Waals surface area contributed by atoms with Crippen LogP contribution in [-0.2, 0) is 11.8 Å². The fraction of sp³-hybridized carbons (Fsp3) is 0.395. The molecule has 1 nitrogen and oxygen atoms in total. The minimum Gasteiger partial charge on any atom is -0.256 e. The number of thiophene rings is 1. The molecule has 0 saturated carbocycles. The molecule has 2 aromatic carbocycles. The van der Waals surface area contributed by atoms with Crippen molar-refractivity contribution in [2.75, 3.05) is 0 Å². The third-order valence-electron chi connectivity index (χ3n) is 7.93.